The molecule has 4 heteroatoms. The number of methoxy groups -OCH3 is 1. The van der Waals surface area contributed by atoms with Gasteiger partial charge in [-0.3, -0.25) is 0 Å². The first-order valence-corrected chi connectivity index (χ1v) is 12.1. The number of carbonyl (C=O) groups excluding carboxylic acids is 1. The van der Waals surface area contributed by atoms with E-state index in [1.807, 2.05) is 36.4 Å². The second kappa shape index (κ2) is 9.94. The summed E-state index contributed by atoms with van der Waals surface area (Å²) in [6, 6.07) is 35.4. The Kier molecular flexibility index (Phi) is 6.41. The number of benzene rings is 4. The van der Waals surface area contributed by atoms with E-state index in [1.165, 1.54) is 39.4 Å². The van der Waals surface area contributed by atoms with Crippen molar-refractivity contribution in [1.29, 1.82) is 0 Å². The van der Waals surface area contributed by atoms with Gasteiger partial charge in [-0.05, 0) is 69.4 Å². The van der Waals surface area contributed by atoms with E-state index in [2.05, 4.69) is 77.0 Å². The van der Waals surface area contributed by atoms with Crippen LogP contribution in [-0.4, -0.2) is 13.1 Å². The van der Waals surface area contributed by atoms with Crippen LogP contribution in [0.4, 0.5) is 5.69 Å². The maximum absolute atomic E-state index is 11.9. The van der Waals surface area contributed by atoms with Crippen molar-refractivity contribution in [3.8, 4) is 11.1 Å². The third kappa shape index (κ3) is 4.73. The van der Waals surface area contributed by atoms with Gasteiger partial charge in [-0.15, -0.1) is 11.3 Å². The van der Waals surface area contributed by atoms with Gasteiger partial charge in [-0.25, -0.2) is 4.79 Å². The van der Waals surface area contributed by atoms with Gasteiger partial charge >= 0.3 is 5.97 Å². The van der Waals surface area contributed by atoms with Gasteiger partial charge in [0, 0.05) is 23.5 Å². The number of thiophene rings is 1. The van der Waals surface area contributed by atoms with Crippen LogP contribution in [0.2, 0.25) is 0 Å². The molecule has 0 unspecified atom stereocenters. The van der Waals surface area contributed by atoms with Crippen LogP contribution in [-0.2, 0) is 17.8 Å². The van der Waals surface area contributed by atoms with E-state index in [0.717, 1.165) is 18.8 Å². The smallest absolute Gasteiger partial charge is 0.337 e. The van der Waals surface area contributed by atoms with Crippen LogP contribution < -0.4 is 4.90 Å². The van der Waals surface area contributed by atoms with Gasteiger partial charge in [0.2, 0.25) is 0 Å². The van der Waals surface area contributed by atoms with E-state index >= 15 is 0 Å². The summed E-state index contributed by atoms with van der Waals surface area (Å²) < 4.78 is 6.15. The van der Waals surface area contributed by atoms with Crippen molar-refractivity contribution in [1.82, 2.24) is 0 Å². The van der Waals surface area contributed by atoms with Gasteiger partial charge in [0.15, 0.2) is 0 Å². The van der Waals surface area contributed by atoms with Crippen molar-refractivity contribution in [3.05, 3.63) is 125 Å². The molecule has 0 fully saturated rings. The number of hydrogen-bond donors (Lipinski definition) is 0. The predicted octanol–water partition coefficient (Wildman–Crippen LogP) is 7.56. The van der Waals surface area contributed by atoms with Crippen molar-refractivity contribution < 1.29 is 9.53 Å². The SMILES string of the molecule is COC(=O)c1ccc(N(Cc2ccccc2)Cc2csc3ccc(-c4ccccc4)cc23)cc1. The Bertz CT molecular complexity index is 1390. The summed E-state index contributed by atoms with van der Waals surface area (Å²) >= 11 is 1.78. The molecule has 0 aliphatic rings. The van der Waals surface area contributed by atoms with Crippen molar-refractivity contribution in [2.24, 2.45) is 0 Å². The van der Waals surface area contributed by atoms with Gasteiger partial charge in [0.1, 0.15) is 0 Å². The van der Waals surface area contributed by atoms with Crippen molar-refractivity contribution in [2.75, 3.05) is 12.0 Å². The minimum atomic E-state index is -0.321. The summed E-state index contributed by atoms with van der Waals surface area (Å²) in [6.45, 7) is 1.54. The molecule has 0 aliphatic carbocycles. The summed E-state index contributed by atoms with van der Waals surface area (Å²) in [7, 11) is 1.41. The molecule has 34 heavy (non-hydrogen) atoms. The molecule has 0 aliphatic heterocycles. The Morgan fingerprint density at radius 2 is 1.50 bits per heavy atom. The van der Waals surface area contributed by atoms with Gasteiger partial charge < -0.3 is 9.64 Å². The topological polar surface area (TPSA) is 29.5 Å². The van der Waals surface area contributed by atoms with Crippen LogP contribution in [0, 0.1) is 0 Å². The molecule has 1 aromatic heterocycles. The number of carbonyl (C=O) groups is 1. The molecular formula is C30H25NO2S. The van der Waals surface area contributed by atoms with Crippen LogP contribution >= 0.6 is 11.3 Å². The number of anilines is 1. The van der Waals surface area contributed by atoms with Crippen molar-refractivity contribution >= 4 is 33.1 Å². The zero-order valence-corrected chi connectivity index (χ0v) is 19.8. The lowest BCUT2D eigenvalue weighted by Crippen LogP contribution is -2.22. The highest BCUT2D eigenvalue weighted by molar-refractivity contribution is 7.17. The van der Waals surface area contributed by atoms with Gasteiger partial charge in [0.25, 0.3) is 0 Å². The Labute approximate surface area is 203 Å². The molecule has 0 saturated heterocycles. The Balaban J connectivity index is 1.50. The molecular weight excluding hydrogens is 438 g/mol. The third-order valence-electron chi connectivity index (χ3n) is 5.99. The molecule has 0 saturated carbocycles. The highest BCUT2D eigenvalue weighted by atomic mass is 32.1. The monoisotopic (exact) mass is 463 g/mol. The lowest BCUT2D eigenvalue weighted by Gasteiger charge is -2.25. The van der Waals surface area contributed by atoms with E-state index in [9.17, 15) is 4.79 Å². The van der Waals surface area contributed by atoms with E-state index in [4.69, 9.17) is 4.74 Å². The quantitative estimate of drug-likeness (QED) is 0.233. The molecule has 0 amide bonds. The molecule has 0 radical (unpaired) electrons. The Morgan fingerprint density at radius 3 is 2.21 bits per heavy atom. The van der Waals surface area contributed by atoms with Gasteiger partial charge in [-0.1, -0.05) is 66.7 Å². The second-order valence-electron chi connectivity index (χ2n) is 8.22. The van der Waals surface area contributed by atoms with Crippen LogP contribution in [0.25, 0.3) is 21.2 Å². The molecule has 0 spiro atoms. The maximum atomic E-state index is 11.9. The van der Waals surface area contributed by atoms with E-state index < -0.39 is 0 Å². The fourth-order valence-corrected chi connectivity index (χ4v) is 5.12. The molecule has 1 heterocycles. The maximum Gasteiger partial charge on any atom is 0.337 e. The number of fused-ring (bicyclic) bond motifs is 1. The zero-order valence-electron chi connectivity index (χ0n) is 19.0. The van der Waals surface area contributed by atoms with E-state index in [0.29, 0.717) is 5.56 Å². The summed E-state index contributed by atoms with van der Waals surface area (Å²) in [4.78, 5) is 14.3. The van der Waals surface area contributed by atoms with Crippen LogP contribution in [0.5, 0.6) is 0 Å². The average molecular weight is 464 g/mol. The Hall–Kier alpha value is -3.89. The minimum absolute atomic E-state index is 0.321. The fourth-order valence-electron chi connectivity index (χ4n) is 4.19. The Morgan fingerprint density at radius 1 is 0.794 bits per heavy atom. The first kappa shape index (κ1) is 21.9. The molecule has 4 aromatic carbocycles. The first-order chi connectivity index (χ1) is 16.7. The lowest BCUT2D eigenvalue weighted by molar-refractivity contribution is 0.0600. The van der Waals surface area contributed by atoms with E-state index in [-0.39, 0.29) is 5.97 Å². The molecule has 3 nitrogen and oxygen atoms in total. The summed E-state index contributed by atoms with van der Waals surface area (Å²) in [6.07, 6.45) is 0. The fraction of sp³-hybridized carbons (Fsp3) is 0.100. The summed E-state index contributed by atoms with van der Waals surface area (Å²) in [5.41, 5.74) is 6.61. The zero-order chi connectivity index (χ0) is 23.3. The van der Waals surface area contributed by atoms with E-state index in [1.54, 1.807) is 11.3 Å². The number of ether oxygens (including phenoxy) is 1. The average Bonchev–Trinajstić information content (AvgIpc) is 3.31. The van der Waals surface area contributed by atoms with Crippen molar-refractivity contribution in [3.63, 3.8) is 0 Å². The highest BCUT2D eigenvalue weighted by Gasteiger charge is 2.14. The lowest BCUT2D eigenvalue weighted by atomic mass is 10.0. The van der Waals surface area contributed by atoms with Crippen LogP contribution in [0.3, 0.4) is 0 Å². The van der Waals surface area contributed by atoms with Gasteiger partial charge in [-0.2, -0.15) is 0 Å². The molecule has 168 valence electrons. The molecule has 5 rings (SSSR count). The standard InChI is InChI=1S/C30H25NO2S/c1-33-30(32)24-12-15-27(16-13-24)31(19-22-8-4-2-5-9-22)20-26-21-34-29-17-14-25(18-28(26)29)23-10-6-3-7-11-23/h2-18,21H,19-20H2,1H3. The number of hydrogen-bond acceptors (Lipinski definition) is 4. The van der Waals surface area contributed by atoms with Crippen LogP contribution in [0.1, 0.15) is 21.5 Å². The second-order valence-corrected chi connectivity index (χ2v) is 9.13. The normalized spacial score (nSPS) is 10.9. The number of esters is 1. The molecule has 0 atom stereocenters. The third-order valence-corrected chi connectivity index (χ3v) is 7.00. The molecule has 0 N–H and O–H groups in total. The first-order valence-electron chi connectivity index (χ1n) is 11.2. The van der Waals surface area contributed by atoms with Crippen molar-refractivity contribution in [2.45, 2.75) is 13.1 Å². The summed E-state index contributed by atoms with van der Waals surface area (Å²) in [5.74, 6) is -0.321. The number of nitrogens with zero attached hydrogens (tertiary/aromatic N) is 1. The highest BCUT2D eigenvalue weighted by Crippen LogP contribution is 2.33. The predicted molar refractivity (Wildman–Crippen MR) is 141 cm³/mol. The van der Waals surface area contributed by atoms with Crippen LogP contribution in [0.15, 0.2) is 109 Å². The largest absolute Gasteiger partial charge is 0.465 e. The number of rotatable bonds is 7. The van der Waals surface area contributed by atoms with Gasteiger partial charge in [0.05, 0.1) is 12.7 Å². The summed E-state index contributed by atoms with van der Waals surface area (Å²) in [5, 5.41) is 3.55. The molecule has 5 aromatic rings. The minimum Gasteiger partial charge on any atom is -0.465 e. The molecule has 0 bridgehead atoms.